The molecule has 148 valence electrons. The third-order valence-electron chi connectivity index (χ3n) is 3.56. The largest absolute Gasteiger partial charge is 0.456 e. The number of benzene rings is 2. The van der Waals surface area contributed by atoms with Crippen molar-refractivity contribution >= 4 is 24.1 Å². The number of hydrogen-bond donors (Lipinski definition) is 0. The maximum Gasteiger partial charge on any atom is 0.338 e. The predicted octanol–water partition coefficient (Wildman–Crippen LogP) is 5.77. The van der Waals surface area contributed by atoms with Gasteiger partial charge in [0, 0.05) is 0 Å². The predicted molar refractivity (Wildman–Crippen MR) is 112 cm³/mol. The summed E-state index contributed by atoms with van der Waals surface area (Å²) in [5, 5.41) is 0. The number of rotatable bonds is 4. The Morgan fingerprint density at radius 1 is 0.607 bits per heavy atom. The Kier molecular flexibility index (Phi) is 6.45. The number of ether oxygens (including phenoxy) is 2. The molecule has 4 nitrogen and oxygen atoms in total. The summed E-state index contributed by atoms with van der Waals surface area (Å²) in [6.07, 6.45) is 3.89. The molecule has 0 saturated carbocycles. The molecule has 0 bridgehead atoms. The fourth-order valence-electron chi connectivity index (χ4n) is 2.33. The van der Waals surface area contributed by atoms with Crippen molar-refractivity contribution < 1.29 is 19.1 Å². The second-order valence-corrected chi connectivity index (χ2v) is 8.58. The summed E-state index contributed by atoms with van der Waals surface area (Å²) >= 11 is 0. The van der Waals surface area contributed by atoms with E-state index in [1.807, 2.05) is 78.0 Å². The van der Waals surface area contributed by atoms with E-state index >= 15 is 0 Å². The van der Waals surface area contributed by atoms with Crippen LogP contribution in [-0.4, -0.2) is 23.1 Å². The highest BCUT2D eigenvalue weighted by atomic mass is 16.6. The van der Waals surface area contributed by atoms with Crippen molar-refractivity contribution in [3.05, 3.63) is 70.8 Å². The summed E-state index contributed by atoms with van der Waals surface area (Å²) in [5.74, 6) is -0.665. The molecule has 0 amide bonds. The minimum atomic E-state index is -0.513. The van der Waals surface area contributed by atoms with E-state index in [2.05, 4.69) is 0 Å². The first-order valence-electron chi connectivity index (χ1n) is 9.28. The van der Waals surface area contributed by atoms with Crippen molar-refractivity contribution in [1.29, 1.82) is 0 Å². The smallest absolute Gasteiger partial charge is 0.338 e. The van der Waals surface area contributed by atoms with Gasteiger partial charge in [-0.1, -0.05) is 36.4 Å². The molecule has 4 heteroatoms. The lowest BCUT2D eigenvalue weighted by atomic mass is 10.1. The zero-order valence-corrected chi connectivity index (χ0v) is 17.4. The standard InChI is InChI=1S/C24H28O4/c1-23(2,3)27-21(25)19-13-9-17(10-14-19)7-8-18-11-15-20(16-12-18)22(26)28-24(4,5)6/h7-16H,1-6H3/b8-7-. The lowest BCUT2D eigenvalue weighted by Gasteiger charge is -2.19. The van der Waals surface area contributed by atoms with Crippen LogP contribution in [-0.2, 0) is 9.47 Å². The van der Waals surface area contributed by atoms with Gasteiger partial charge >= 0.3 is 11.9 Å². The molecule has 0 fully saturated rings. The van der Waals surface area contributed by atoms with Gasteiger partial charge in [-0.25, -0.2) is 9.59 Å². The van der Waals surface area contributed by atoms with Crippen LogP contribution in [0.5, 0.6) is 0 Å². The maximum absolute atomic E-state index is 12.0. The van der Waals surface area contributed by atoms with Gasteiger partial charge in [0.2, 0.25) is 0 Å². The van der Waals surface area contributed by atoms with Crippen LogP contribution in [0.3, 0.4) is 0 Å². The van der Waals surface area contributed by atoms with Crippen LogP contribution in [0.1, 0.15) is 73.4 Å². The first-order chi connectivity index (χ1) is 12.9. The normalized spacial score (nSPS) is 12.1. The maximum atomic E-state index is 12.0. The van der Waals surface area contributed by atoms with Gasteiger partial charge in [0.05, 0.1) is 11.1 Å². The third kappa shape index (κ3) is 7.03. The number of carbonyl (C=O) groups excluding carboxylic acids is 2. The summed E-state index contributed by atoms with van der Waals surface area (Å²) in [4.78, 5) is 24.1. The molecular weight excluding hydrogens is 352 g/mol. The quantitative estimate of drug-likeness (QED) is 0.499. The highest BCUT2D eigenvalue weighted by molar-refractivity contribution is 5.91. The molecule has 28 heavy (non-hydrogen) atoms. The molecule has 0 unspecified atom stereocenters. The van der Waals surface area contributed by atoms with Crippen LogP contribution < -0.4 is 0 Å². The topological polar surface area (TPSA) is 52.6 Å². The summed E-state index contributed by atoms with van der Waals surface area (Å²) in [6, 6.07) is 14.5. The van der Waals surface area contributed by atoms with Gasteiger partial charge in [0.25, 0.3) is 0 Å². The average Bonchev–Trinajstić information content (AvgIpc) is 2.58. The van der Waals surface area contributed by atoms with Crippen molar-refractivity contribution in [2.24, 2.45) is 0 Å². The van der Waals surface area contributed by atoms with Crippen molar-refractivity contribution in [3.8, 4) is 0 Å². The fraction of sp³-hybridized carbons (Fsp3) is 0.333. The van der Waals surface area contributed by atoms with Gasteiger partial charge in [-0.2, -0.15) is 0 Å². The summed E-state index contributed by atoms with van der Waals surface area (Å²) in [5.41, 5.74) is 1.94. The van der Waals surface area contributed by atoms with Crippen LogP contribution in [0.4, 0.5) is 0 Å². The highest BCUT2D eigenvalue weighted by Crippen LogP contribution is 2.16. The molecule has 2 aromatic carbocycles. The molecule has 0 aliphatic rings. The van der Waals surface area contributed by atoms with E-state index in [0.717, 1.165) is 11.1 Å². The van der Waals surface area contributed by atoms with Gasteiger partial charge in [0.15, 0.2) is 0 Å². The van der Waals surface area contributed by atoms with Crippen molar-refractivity contribution in [1.82, 2.24) is 0 Å². The van der Waals surface area contributed by atoms with Crippen LogP contribution in [0, 0.1) is 0 Å². The van der Waals surface area contributed by atoms with Crippen LogP contribution >= 0.6 is 0 Å². The first kappa shape index (κ1) is 21.4. The van der Waals surface area contributed by atoms with E-state index in [4.69, 9.17) is 9.47 Å². The first-order valence-corrected chi connectivity index (χ1v) is 9.28. The Balaban J connectivity index is 2.02. The SMILES string of the molecule is CC(C)(C)OC(=O)c1ccc(/C=C\c2ccc(C(=O)OC(C)(C)C)cc2)cc1. The van der Waals surface area contributed by atoms with Crippen molar-refractivity contribution in [2.45, 2.75) is 52.7 Å². The lowest BCUT2D eigenvalue weighted by Crippen LogP contribution is -2.23. The second-order valence-electron chi connectivity index (χ2n) is 8.58. The molecule has 2 aromatic rings. The van der Waals surface area contributed by atoms with Crippen LogP contribution in [0.25, 0.3) is 12.2 Å². The minimum Gasteiger partial charge on any atom is -0.456 e. The monoisotopic (exact) mass is 380 g/mol. The van der Waals surface area contributed by atoms with Crippen LogP contribution in [0.2, 0.25) is 0 Å². The molecule has 0 spiro atoms. The Morgan fingerprint density at radius 3 is 1.14 bits per heavy atom. The fourth-order valence-corrected chi connectivity index (χ4v) is 2.33. The number of hydrogen-bond acceptors (Lipinski definition) is 4. The number of esters is 2. The van der Waals surface area contributed by atoms with Gasteiger partial charge < -0.3 is 9.47 Å². The Hall–Kier alpha value is -2.88. The van der Waals surface area contributed by atoms with E-state index in [9.17, 15) is 9.59 Å². The molecule has 0 aromatic heterocycles. The van der Waals surface area contributed by atoms with E-state index < -0.39 is 11.2 Å². The van der Waals surface area contributed by atoms with E-state index in [1.54, 1.807) is 24.3 Å². The highest BCUT2D eigenvalue weighted by Gasteiger charge is 2.18. The Labute approximate surface area is 167 Å². The third-order valence-corrected chi connectivity index (χ3v) is 3.56. The van der Waals surface area contributed by atoms with E-state index in [0.29, 0.717) is 11.1 Å². The molecule has 0 heterocycles. The van der Waals surface area contributed by atoms with E-state index in [1.165, 1.54) is 0 Å². The Morgan fingerprint density at radius 2 is 0.893 bits per heavy atom. The molecule has 0 atom stereocenters. The molecule has 2 rings (SSSR count). The molecule has 0 aliphatic heterocycles. The average molecular weight is 380 g/mol. The molecule has 0 saturated heterocycles. The van der Waals surface area contributed by atoms with Gasteiger partial charge in [-0.3, -0.25) is 0 Å². The Bertz CT molecular complexity index is 772. The zero-order valence-electron chi connectivity index (χ0n) is 17.4. The number of carbonyl (C=O) groups is 2. The summed E-state index contributed by atoms with van der Waals surface area (Å²) in [7, 11) is 0. The molecule has 0 aliphatic carbocycles. The van der Waals surface area contributed by atoms with Gasteiger partial charge in [0.1, 0.15) is 11.2 Å². The van der Waals surface area contributed by atoms with Gasteiger partial charge in [-0.05, 0) is 76.9 Å². The van der Waals surface area contributed by atoms with Gasteiger partial charge in [-0.15, -0.1) is 0 Å². The van der Waals surface area contributed by atoms with E-state index in [-0.39, 0.29) is 11.9 Å². The molecule has 0 N–H and O–H groups in total. The molecule has 0 radical (unpaired) electrons. The lowest BCUT2D eigenvalue weighted by molar-refractivity contribution is 0.00570. The summed E-state index contributed by atoms with van der Waals surface area (Å²) in [6.45, 7) is 11.1. The van der Waals surface area contributed by atoms with Crippen LogP contribution in [0.15, 0.2) is 48.5 Å². The molecular formula is C24H28O4. The van der Waals surface area contributed by atoms with Crippen molar-refractivity contribution in [3.63, 3.8) is 0 Å². The summed E-state index contributed by atoms with van der Waals surface area (Å²) < 4.78 is 10.7. The minimum absolute atomic E-state index is 0.333. The second kappa shape index (κ2) is 8.42. The van der Waals surface area contributed by atoms with Crippen molar-refractivity contribution in [2.75, 3.05) is 0 Å². The zero-order chi connectivity index (χ0) is 20.9.